The van der Waals surface area contributed by atoms with Gasteiger partial charge < -0.3 is 4.90 Å². The Morgan fingerprint density at radius 3 is 2.47 bits per heavy atom. The summed E-state index contributed by atoms with van der Waals surface area (Å²) in [7, 11) is 2.07. The molecule has 0 aromatic heterocycles. The fourth-order valence-corrected chi connectivity index (χ4v) is 1.67. The van der Waals surface area contributed by atoms with Crippen molar-refractivity contribution in [2.45, 2.75) is 13.5 Å². The molecule has 0 fully saturated rings. The zero-order valence-corrected chi connectivity index (χ0v) is 10.2. The third kappa shape index (κ3) is 4.67. The van der Waals surface area contributed by atoms with Gasteiger partial charge in [0.05, 0.1) is 0 Å². The summed E-state index contributed by atoms with van der Waals surface area (Å²) in [5, 5.41) is 0. The van der Waals surface area contributed by atoms with Crippen molar-refractivity contribution in [2.24, 2.45) is 5.92 Å². The smallest absolute Gasteiger partial charge is 0.123 e. The van der Waals surface area contributed by atoms with Crippen molar-refractivity contribution in [2.75, 3.05) is 19.3 Å². The van der Waals surface area contributed by atoms with Crippen molar-refractivity contribution in [3.8, 4) is 0 Å². The van der Waals surface area contributed by atoms with Crippen LogP contribution in [0.1, 0.15) is 12.5 Å². The van der Waals surface area contributed by atoms with Crippen LogP contribution in [0.4, 0.5) is 4.39 Å². The van der Waals surface area contributed by atoms with Crippen LogP contribution in [0.3, 0.4) is 0 Å². The molecule has 15 heavy (non-hydrogen) atoms. The summed E-state index contributed by atoms with van der Waals surface area (Å²) in [6, 6.07) is 6.67. The van der Waals surface area contributed by atoms with Gasteiger partial charge in [-0.25, -0.2) is 4.39 Å². The van der Waals surface area contributed by atoms with E-state index < -0.39 is 0 Å². The van der Waals surface area contributed by atoms with E-state index in [2.05, 4.69) is 31.5 Å². The number of hydrogen-bond acceptors (Lipinski definition) is 2. The van der Waals surface area contributed by atoms with E-state index in [1.807, 2.05) is 12.1 Å². The number of hydrogen-bond donors (Lipinski definition) is 1. The molecule has 0 aliphatic carbocycles. The van der Waals surface area contributed by atoms with E-state index in [1.54, 1.807) is 0 Å². The number of nitrogens with zero attached hydrogens (tertiary/aromatic N) is 1. The van der Waals surface area contributed by atoms with Gasteiger partial charge in [-0.05, 0) is 36.4 Å². The molecule has 0 saturated heterocycles. The minimum Gasteiger partial charge on any atom is -0.302 e. The molecular formula is C12H18FNS. The molecular weight excluding hydrogens is 209 g/mol. The summed E-state index contributed by atoms with van der Waals surface area (Å²) in [5.74, 6) is 1.30. The molecule has 0 aliphatic heterocycles. The van der Waals surface area contributed by atoms with E-state index in [-0.39, 0.29) is 5.82 Å². The van der Waals surface area contributed by atoms with Crippen LogP contribution < -0.4 is 0 Å². The van der Waals surface area contributed by atoms with E-state index >= 15 is 0 Å². The van der Waals surface area contributed by atoms with Gasteiger partial charge in [-0.3, -0.25) is 0 Å². The van der Waals surface area contributed by atoms with Gasteiger partial charge in [-0.1, -0.05) is 19.1 Å². The van der Waals surface area contributed by atoms with Crippen molar-refractivity contribution in [3.05, 3.63) is 35.6 Å². The first kappa shape index (κ1) is 12.5. The van der Waals surface area contributed by atoms with E-state index in [1.165, 1.54) is 12.1 Å². The van der Waals surface area contributed by atoms with Gasteiger partial charge in [0.1, 0.15) is 5.82 Å². The van der Waals surface area contributed by atoms with Crippen molar-refractivity contribution >= 4 is 12.6 Å². The third-order valence-corrected chi connectivity index (χ3v) is 2.92. The monoisotopic (exact) mass is 227 g/mol. The summed E-state index contributed by atoms with van der Waals surface area (Å²) in [5.41, 5.74) is 1.14. The molecule has 0 radical (unpaired) electrons. The lowest BCUT2D eigenvalue weighted by molar-refractivity contribution is 0.290. The van der Waals surface area contributed by atoms with Gasteiger partial charge in [0.15, 0.2) is 0 Å². The second kappa shape index (κ2) is 6.13. The molecule has 0 bridgehead atoms. The van der Waals surface area contributed by atoms with Crippen LogP contribution in [0.25, 0.3) is 0 Å². The van der Waals surface area contributed by atoms with Gasteiger partial charge in [0.25, 0.3) is 0 Å². The second-order valence-electron chi connectivity index (χ2n) is 4.11. The van der Waals surface area contributed by atoms with Gasteiger partial charge in [0, 0.05) is 13.1 Å². The van der Waals surface area contributed by atoms with E-state index in [0.717, 1.165) is 24.4 Å². The molecule has 84 valence electrons. The highest BCUT2D eigenvalue weighted by Crippen LogP contribution is 2.07. The highest BCUT2D eigenvalue weighted by atomic mass is 32.1. The predicted octanol–water partition coefficient (Wildman–Crippen LogP) is 2.82. The fraction of sp³-hybridized carbons (Fsp3) is 0.500. The maximum absolute atomic E-state index is 12.7. The molecule has 0 aliphatic rings. The standard InChI is InChI=1S/C12H18FNS/c1-10(9-15)7-14(2)8-11-3-5-12(13)6-4-11/h3-6,10,15H,7-9H2,1-2H3. The van der Waals surface area contributed by atoms with Crippen molar-refractivity contribution in [1.29, 1.82) is 0 Å². The molecule has 3 heteroatoms. The quantitative estimate of drug-likeness (QED) is 0.757. The molecule has 1 unspecified atom stereocenters. The first-order chi connectivity index (χ1) is 7.11. The lowest BCUT2D eigenvalue weighted by Gasteiger charge is -2.20. The Kier molecular flexibility index (Phi) is 5.12. The van der Waals surface area contributed by atoms with Crippen LogP contribution in [-0.2, 0) is 6.54 Å². The summed E-state index contributed by atoms with van der Waals surface area (Å²) in [6.07, 6.45) is 0. The Morgan fingerprint density at radius 1 is 1.33 bits per heavy atom. The van der Waals surface area contributed by atoms with E-state index in [4.69, 9.17) is 0 Å². The Hall–Kier alpha value is -0.540. The van der Waals surface area contributed by atoms with Crippen LogP contribution in [-0.4, -0.2) is 24.2 Å². The number of benzene rings is 1. The SMILES string of the molecule is CC(CS)CN(C)Cc1ccc(F)cc1. The average Bonchev–Trinajstić information content (AvgIpc) is 2.21. The van der Waals surface area contributed by atoms with Gasteiger partial charge in [-0.15, -0.1) is 0 Å². The summed E-state index contributed by atoms with van der Waals surface area (Å²) in [4.78, 5) is 2.23. The highest BCUT2D eigenvalue weighted by molar-refractivity contribution is 7.80. The minimum absolute atomic E-state index is 0.176. The largest absolute Gasteiger partial charge is 0.302 e. The number of thiol groups is 1. The number of halogens is 1. The summed E-state index contributed by atoms with van der Waals surface area (Å²) < 4.78 is 12.7. The molecule has 1 aromatic carbocycles. The predicted molar refractivity (Wildman–Crippen MR) is 65.8 cm³/mol. The maximum Gasteiger partial charge on any atom is 0.123 e. The van der Waals surface area contributed by atoms with Crippen LogP contribution in [0, 0.1) is 11.7 Å². The van der Waals surface area contributed by atoms with Crippen molar-refractivity contribution in [3.63, 3.8) is 0 Å². The maximum atomic E-state index is 12.7. The molecule has 0 heterocycles. The molecule has 0 N–H and O–H groups in total. The van der Waals surface area contributed by atoms with Crippen molar-refractivity contribution < 1.29 is 4.39 Å². The van der Waals surface area contributed by atoms with Gasteiger partial charge in [0.2, 0.25) is 0 Å². The topological polar surface area (TPSA) is 3.24 Å². The zero-order chi connectivity index (χ0) is 11.3. The van der Waals surface area contributed by atoms with Crippen LogP contribution in [0.5, 0.6) is 0 Å². The molecule has 1 rings (SSSR count). The summed E-state index contributed by atoms with van der Waals surface area (Å²) >= 11 is 4.25. The third-order valence-electron chi connectivity index (χ3n) is 2.30. The Morgan fingerprint density at radius 2 is 1.93 bits per heavy atom. The fourth-order valence-electron chi connectivity index (χ4n) is 1.56. The minimum atomic E-state index is -0.176. The Labute approximate surface area is 96.7 Å². The molecule has 1 atom stereocenters. The average molecular weight is 227 g/mol. The Bertz CT molecular complexity index is 286. The molecule has 0 spiro atoms. The molecule has 1 aromatic rings. The second-order valence-corrected chi connectivity index (χ2v) is 4.48. The van der Waals surface area contributed by atoms with Crippen LogP contribution >= 0.6 is 12.6 Å². The van der Waals surface area contributed by atoms with Crippen molar-refractivity contribution in [1.82, 2.24) is 4.90 Å². The Balaban J connectivity index is 2.44. The van der Waals surface area contributed by atoms with Gasteiger partial charge in [-0.2, -0.15) is 12.6 Å². The zero-order valence-electron chi connectivity index (χ0n) is 9.28. The van der Waals surface area contributed by atoms with Crippen LogP contribution in [0.2, 0.25) is 0 Å². The first-order valence-corrected chi connectivity index (χ1v) is 5.79. The van der Waals surface area contributed by atoms with Gasteiger partial charge >= 0.3 is 0 Å². The summed E-state index contributed by atoms with van der Waals surface area (Å²) in [6.45, 7) is 4.05. The van der Waals surface area contributed by atoms with E-state index in [0.29, 0.717) is 5.92 Å². The molecule has 0 saturated carbocycles. The molecule has 1 nitrogen and oxygen atoms in total. The lowest BCUT2D eigenvalue weighted by Crippen LogP contribution is -2.24. The normalized spacial score (nSPS) is 13.1. The van der Waals surface area contributed by atoms with Crippen LogP contribution in [0.15, 0.2) is 24.3 Å². The first-order valence-electron chi connectivity index (χ1n) is 5.15. The molecule has 0 amide bonds. The van der Waals surface area contributed by atoms with E-state index in [9.17, 15) is 4.39 Å². The number of rotatable bonds is 5. The highest BCUT2D eigenvalue weighted by Gasteiger charge is 2.05. The lowest BCUT2D eigenvalue weighted by atomic mass is 10.1.